The summed E-state index contributed by atoms with van der Waals surface area (Å²) in [4.78, 5) is 13.1. The molecule has 2 aromatic carbocycles. The van der Waals surface area contributed by atoms with Crippen LogP contribution in [0.3, 0.4) is 0 Å². The molecule has 4 aromatic rings. The lowest BCUT2D eigenvalue weighted by molar-refractivity contribution is 0.102. The molecule has 0 radical (unpaired) electrons. The first-order valence-electron chi connectivity index (χ1n) is 7.78. The number of hydrogen-bond acceptors (Lipinski definition) is 5. The Morgan fingerprint density at radius 2 is 1.92 bits per heavy atom. The summed E-state index contributed by atoms with van der Waals surface area (Å²) in [6.45, 7) is 3.93. The highest BCUT2D eigenvalue weighted by Gasteiger charge is 2.16. The summed E-state index contributed by atoms with van der Waals surface area (Å²) in [5.74, 6) is 0.478. The number of benzene rings is 2. The third-order valence-corrected chi connectivity index (χ3v) is 4.69. The van der Waals surface area contributed by atoms with Crippen LogP contribution >= 0.6 is 11.3 Å². The number of anilines is 1. The van der Waals surface area contributed by atoms with Gasteiger partial charge in [0.05, 0.1) is 0 Å². The van der Waals surface area contributed by atoms with Gasteiger partial charge in [-0.3, -0.25) is 10.1 Å². The van der Waals surface area contributed by atoms with Gasteiger partial charge in [-0.1, -0.05) is 53.3 Å². The number of aryl methyl sites for hydroxylation is 2. The molecule has 0 atom stereocenters. The van der Waals surface area contributed by atoms with Crippen molar-refractivity contribution in [2.24, 2.45) is 0 Å². The molecule has 0 aliphatic rings. The van der Waals surface area contributed by atoms with Gasteiger partial charge in [0.2, 0.25) is 10.1 Å². The lowest BCUT2D eigenvalue weighted by atomic mass is 10.1. The third kappa shape index (κ3) is 2.89. The summed E-state index contributed by atoms with van der Waals surface area (Å²) in [5.41, 5.74) is 3.63. The largest absolute Gasteiger partial charge is 0.296 e. The molecule has 0 saturated carbocycles. The number of nitrogens with zero attached hydrogens (tertiary/aromatic N) is 4. The SMILES string of the molecule is Cc1cccc(-c2nnc3sc(NC(=O)c4ccccc4C)nn23)c1. The molecule has 1 N–H and O–H groups in total. The number of hydrogen-bond donors (Lipinski definition) is 1. The van der Waals surface area contributed by atoms with Crippen molar-refractivity contribution in [1.82, 2.24) is 19.8 Å². The smallest absolute Gasteiger partial charge is 0.257 e. The minimum Gasteiger partial charge on any atom is -0.296 e. The van der Waals surface area contributed by atoms with Crippen LogP contribution < -0.4 is 5.32 Å². The average Bonchev–Trinajstić information content (AvgIpc) is 3.15. The zero-order chi connectivity index (χ0) is 17.4. The van der Waals surface area contributed by atoms with E-state index >= 15 is 0 Å². The van der Waals surface area contributed by atoms with E-state index in [0.717, 1.165) is 16.7 Å². The molecule has 124 valence electrons. The van der Waals surface area contributed by atoms with Crippen LogP contribution in [0.15, 0.2) is 48.5 Å². The highest BCUT2D eigenvalue weighted by Crippen LogP contribution is 2.25. The Bertz CT molecular complexity index is 1080. The Kier molecular flexibility index (Phi) is 3.77. The maximum Gasteiger partial charge on any atom is 0.257 e. The number of fused-ring (bicyclic) bond motifs is 1. The quantitative estimate of drug-likeness (QED) is 0.612. The maximum atomic E-state index is 12.4. The second-order valence-corrected chi connectivity index (χ2v) is 6.72. The van der Waals surface area contributed by atoms with Crippen molar-refractivity contribution in [3.05, 3.63) is 65.2 Å². The topological polar surface area (TPSA) is 72.2 Å². The van der Waals surface area contributed by atoms with Crippen molar-refractivity contribution < 1.29 is 4.79 Å². The second kappa shape index (κ2) is 6.10. The molecular formula is C18H15N5OS. The van der Waals surface area contributed by atoms with E-state index in [9.17, 15) is 4.79 Å². The second-order valence-electron chi connectivity index (χ2n) is 5.76. The Morgan fingerprint density at radius 3 is 2.72 bits per heavy atom. The first kappa shape index (κ1) is 15.5. The molecule has 6 nitrogen and oxygen atoms in total. The van der Waals surface area contributed by atoms with Gasteiger partial charge >= 0.3 is 0 Å². The molecule has 0 saturated heterocycles. The number of amides is 1. The Labute approximate surface area is 148 Å². The molecule has 0 fully saturated rings. The summed E-state index contributed by atoms with van der Waals surface area (Å²) in [7, 11) is 0. The average molecular weight is 349 g/mol. The summed E-state index contributed by atoms with van der Waals surface area (Å²) in [6.07, 6.45) is 0. The Hall–Kier alpha value is -3.06. The molecule has 0 aliphatic carbocycles. The molecule has 0 spiro atoms. The zero-order valence-corrected chi connectivity index (χ0v) is 14.5. The maximum absolute atomic E-state index is 12.4. The van der Waals surface area contributed by atoms with Crippen LogP contribution in [0, 0.1) is 13.8 Å². The summed E-state index contributed by atoms with van der Waals surface area (Å²) in [5, 5.41) is 16.2. The van der Waals surface area contributed by atoms with Crippen molar-refractivity contribution >= 4 is 27.3 Å². The van der Waals surface area contributed by atoms with E-state index in [2.05, 4.69) is 20.6 Å². The number of carbonyl (C=O) groups is 1. The molecule has 7 heteroatoms. The van der Waals surface area contributed by atoms with Gasteiger partial charge in [-0.2, -0.15) is 4.52 Å². The monoisotopic (exact) mass is 349 g/mol. The van der Waals surface area contributed by atoms with Gasteiger partial charge in [0, 0.05) is 11.1 Å². The van der Waals surface area contributed by atoms with Crippen LogP contribution in [0.2, 0.25) is 0 Å². The number of carbonyl (C=O) groups excluding carboxylic acids is 1. The van der Waals surface area contributed by atoms with Crippen molar-refractivity contribution in [2.75, 3.05) is 5.32 Å². The number of aromatic nitrogens is 4. The first-order valence-corrected chi connectivity index (χ1v) is 8.60. The fraction of sp³-hybridized carbons (Fsp3) is 0.111. The van der Waals surface area contributed by atoms with Gasteiger partial charge < -0.3 is 0 Å². The molecule has 4 rings (SSSR count). The minimum absolute atomic E-state index is 0.180. The fourth-order valence-electron chi connectivity index (χ4n) is 2.62. The fourth-order valence-corrected chi connectivity index (χ4v) is 3.36. The highest BCUT2D eigenvalue weighted by molar-refractivity contribution is 7.20. The summed E-state index contributed by atoms with van der Waals surface area (Å²) in [6, 6.07) is 15.4. The van der Waals surface area contributed by atoms with Gasteiger partial charge in [-0.05, 0) is 31.5 Å². The highest BCUT2D eigenvalue weighted by atomic mass is 32.1. The van der Waals surface area contributed by atoms with E-state index in [1.54, 1.807) is 10.6 Å². The van der Waals surface area contributed by atoms with Gasteiger partial charge in [0.1, 0.15) is 0 Å². The predicted molar refractivity (Wildman–Crippen MR) is 98.0 cm³/mol. The van der Waals surface area contributed by atoms with E-state index in [1.807, 2.05) is 56.3 Å². The van der Waals surface area contributed by atoms with Crippen LogP contribution in [-0.4, -0.2) is 25.7 Å². The summed E-state index contributed by atoms with van der Waals surface area (Å²) < 4.78 is 1.66. The predicted octanol–water partition coefficient (Wildman–Crippen LogP) is 3.72. The van der Waals surface area contributed by atoms with Crippen molar-refractivity contribution in [3.8, 4) is 11.4 Å². The normalized spacial score (nSPS) is 11.0. The van der Waals surface area contributed by atoms with Crippen molar-refractivity contribution in [2.45, 2.75) is 13.8 Å². The van der Waals surface area contributed by atoms with Gasteiger partial charge in [-0.25, -0.2) is 0 Å². The molecule has 25 heavy (non-hydrogen) atoms. The number of rotatable bonds is 3. The zero-order valence-electron chi connectivity index (χ0n) is 13.7. The van der Waals surface area contributed by atoms with Crippen LogP contribution in [0.4, 0.5) is 5.13 Å². The standard InChI is InChI=1S/C18H15N5OS/c1-11-6-5-8-13(10-11)15-20-21-18-23(15)22-17(25-18)19-16(24)14-9-4-3-7-12(14)2/h3-10H,1-2H3,(H,19,22,24). The molecular weight excluding hydrogens is 334 g/mol. The molecule has 0 unspecified atom stereocenters. The summed E-state index contributed by atoms with van der Waals surface area (Å²) >= 11 is 1.29. The van der Waals surface area contributed by atoms with Crippen LogP contribution in [-0.2, 0) is 0 Å². The lowest BCUT2D eigenvalue weighted by Gasteiger charge is -2.04. The molecule has 0 bridgehead atoms. The van der Waals surface area contributed by atoms with Gasteiger partial charge in [0.25, 0.3) is 5.91 Å². The van der Waals surface area contributed by atoms with Gasteiger partial charge in [-0.15, -0.1) is 15.3 Å². The molecule has 2 heterocycles. The van der Waals surface area contributed by atoms with E-state index in [-0.39, 0.29) is 5.91 Å². The van der Waals surface area contributed by atoms with E-state index in [4.69, 9.17) is 0 Å². The molecule has 1 amide bonds. The van der Waals surface area contributed by atoms with E-state index in [1.165, 1.54) is 11.3 Å². The van der Waals surface area contributed by atoms with Gasteiger partial charge in [0.15, 0.2) is 5.82 Å². The minimum atomic E-state index is -0.180. The van der Waals surface area contributed by atoms with Crippen LogP contribution in [0.5, 0.6) is 0 Å². The lowest BCUT2D eigenvalue weighted by Crippen LogP contribution is -2.13. The van der Waals surface area contributed by atoms with Crippen LogP contribution in [0.1, 0.15) is 21.5 Å². The van der Waals surface area contributed by atoms with Crippen LogP contribution in [0.25, 0.3) is 16.3 Å². The Morgan fingerprint density at radius 1 is 1.08 bits per heavy atom. The third-order valence-electron chi connectivity index (χ3n) is 3.88. The molecule has 2 aromatic heterocycles. The van der Waals surface area contributed by atoms with Crippen molar-refractivity contribution in [1.29, 1.82) is 0 Å². The number of nitrogens with one attached hydrogen (secondary N) is 1. The van der Waals surface area contributed by atoms with Crippen molar-refractivity contribution in [3.63, 3.8) is 0 Å². The van der Waals surface area contributed by atoms with E-state index in [0.29, 0.717) is 21.5 Å². The first-order chi connectivity index (χ1) is 12.1. The molecule has 0 aliphatic heterocycles. The van der Waals surface area contributed by atoms with E-state index < -0.39 is 0 Å². The Balaban J connectivity index is 1.67.